The highest BCUT2D eigenvalue weighted by molar-refractivity contribution is 7.84. The number of aliphatic hydroxyl groups is 1. The molecule has 3 rings (SSSR count). The lowest BCUT2D eigenvalue weighted by Crippen LogP contribution is -2.42. The second kappa shape index (κ2) is 9.72. The summed E-state index contributed by atoms with van der Waals surface area (Å²) in [6.07, 6.45) is 0.828. The molecule has 0 spiro atoms. The summed E-state index contributed by atoms with van der Waals surface area (Å²) in [6.45, 7) is 0.00316. The Kier molecular flexibility index (Phi) is 7.06. The number of carbonyl (C=O) groups is 2. The first kappa shape index (κ1) is 21.8. The average molecular weight is 438 g/mol. The highest BCUT2D eigenvalue weighted by Gasteiger charge is 2.29. The van der Waals surface area contributed by atoms with Gasteiger partial charge in [-0.2, -0.15) is 0 Å². The van der Waals surface area contributed by atoms with E-state index in [0.29, 0.717) is 31.5 Å². The van der Waals surface area contributed by atoms with Crippen molar-refractivity contribution >= 4 is 22.7 Å². The van der Waals surface area contributed by atoms with Gasteiger partial charge in [-0.3, -0.25) is 13.8 Å². The SMILES string of the molecule is O=C(OCO)C1CCN(C(=O)CS(=O)Cc2nc(-c3ccc(O)cc3)oc2O)CC1. The van der Waals surface area contributed by atoms with E-state index in [1.165, 1.54) is 17.0 Å². The van der Waals surface area contributed by atoms with Crippen LogP contribution in [0.15, 0.2) is 28.7 Å². The first-order valence-electron chi connectivity index (χ1n) is 9.25. The average Bonchev–Trinajstić information content (AvgIpc) is 3.08. The van der Waals surface area contributed by atoms with Gasteiger partial charge in [-0.15, -0.1) is 0 Å². The Morgan fingerprint density at radius 1 is 1.20 bits per heavy atom. The van der Waals surface area contributed by atoms with Crippen LogP contribution in [0.3, 0.4) is 0 Å². The minimum absolute atomic E-state index is 0.0729. The van der Waals surface area contributed by atoms with Crippen LogP contribution in [0.4, 0.5) is 0 Å². The topological polar surface area (TPSA) is 150 Å². The number of piperidine rings is 1. The van der Waals surface area contributed by atoms with E-state index in [9.17, 15) is 24.0 Å². The fourth-order valence-corrected chi connectivity index (χ4v) is 4.20. The maximum atomic E-state index is 12.4. The van der Waals surface area contributed by atoms with Gasteiger partial charge in [0.15, 0.2) is 6.79 Å². The molecule has 1 aliphatic rings. The van der Waals surface area contributed by atoms with Gasteiger partial charge in [0.05, 0.1) is 11.7 Å². The molecule has 30 heavy (non-hydrogen) atoms. The molecule has 162 valence electrons. The van der Waals surface area contributed by atoms with E-state index in [2.05, 4.69) is 9.72 Å². The Morgan fingerprint density at radius 3 is 2.50 bits per heavy atom. The van der Waals surface area contributed by atoms with Gasteiger partial charge >= 0.3 is 11.9 Å². The van der Waals surface area contributed by atoms with E-state index < -0.39 is 29.5 Å². The number of ether oxygens (including phenoxy) is 1. The minimum Gasteiger partial charge on any atom is -0.508 e. The van der Waals surface area contributed by atoms with Crippen molar-refractivity contribution in [2.75, 3.05) is 25.6 Å². The fourth-order valence-electron chi connectivity index (χ4n) is 3.14. The number of esters is 1. The third-order valence-electron chi connectivity index (χ3n) is 4.76. The van der Waals surface area contributed by atoms with Crippen molar-refractivity contribution in [1.82, 2.24) is 9.88 Å². The molecule has 1 amide bonds. The molecule has 0 aliphatic carbocycles. The standard InChI is InChI=1S/C19H22N2O8S/c22-11-28-18(25)13-5-7-21(8-6-13)16(24)10-30(27)9-15-19(26)29-17(20-15)12-1-3-14(23)4-2-12/h1-4,13,22-23,26H,5-11H2. The Hall–Kier alpha value is -2.92. The number of hydrogen-bond acceptors (Lipinski definition) is 9. The number of likely N-dealkylation sites (tertiary alicyclic amines) is 1. The molecule has 1 saturated heterocycles. The van der Waals surface area contributed by atoms with Crippen LogP contribution in [-0.4, -0.2) is 66.9 Å². The number of aromatic hydroxyl groups is 2. The van der Waals surface area contributed by atoms with E-state index in [4.69, 9.17) is 9.52 Å². The van der Waals surface area contributed by atoms with Crippen molar-refractivity contribution in [3.63, 3.8) is 0 Å². The molecule has 10 nitrogen and oxygen atoms in total. The molecule has 1 aliphatic heterocycles. The minimum atomic E-state index is -1.62. The first-order valence-corrected chi connectivity index (χ1v) is 10.7. The van der Waals surface area contributed by atoms with Crippen molar-refractivity contribution in [3.05, 3.63) is 30.0 Å². The number of rotatable bonds is 7. The number of nitrogens with zero attached hydrogens (tertiary/aromatic N) is 2. The molecule has 1 unspecified atom stereocenters. The lowest BCUT2D eigenvalue weighted by atomic mass is 9.97. The molecular weight excluding hydrogens is 416 g/mol. The van der Waals surface area contributed by atoms with Crippen molar-refractivity contribution in [2.24, 2.45) is 5.92 Å². The largest absolute Gasteiger partial charge is 0.508 e. The third kappa shape index (κ3) is 5.36. The van der Waals surface area contributed by atoms with Crippen LogP contribution in [-0.2, 0) is 30.9 Å². The molecule has 1 aromatic heterocycles. The van der Waals surface area contributed by atoms with Gasteiger partial charge in [-0.1, -0.05) is 0 Å². The van der Waals surface area contributed by atoms with Crippen molar-refractivity contribution in [2.45, 2.75) is 18.6 Å². The summed E-state index contributed by atoms with van der Waals surface area (Å²) < 4.78 is 22.2. The zero-order valence-electron chi connectivity index (χ0n) is 16.0. The molecule has 0 radical (unpaired) electrons. The molecule has 0 bridgehead atoms. The molecule has 0 saturated carbocycles. The van der Waals surface area contributed by atoms with Crippen LogP contribution in [0, 0.1) is 5.92 Å². The van der Waals surface area contributed by atoms with Gasteiger partial charge in [0.2, 0.25) is 11.8 Å². The fraction of sp³-hybridized carbons (Fsp3) is 0.421. The van der Waals surface area contributed by atoms with Crippen LogP contribution in [0.25, 0.3) is 11.5 Å². The molecular formula is C19H22N2O8S. The van der Waals surface area contributed by atoms with Gasteiger partial charge in [-0.05, 0) is 37.1 Å². The van der Waals surface area contributed by atoms with E-state index in [1.54, 1.807) is 12.1 Å². The lowest BCUT2D eigenvalue weighted by Gasteiger charge is -2.30. The van der Waals surface area contributed by atoms with Gasteiger partial charge in [0.25, 0.3) is 0 Å². The number of phenolic OH excluding ortho intramolecular Hbond substituents is 1. The van der Waals surface area contributed by atoms with Crippen molar-refractivity contribution in [3.8, 4) is 23.1 Å². The molecule has 1 aromatic carbocycles. The molecule has 11 heteroatoms. The number of benzene rings is 1. The van der Waals surface area contributed by atoms with Crippen LogP contribution in [0.2, 0.25) is 0 Å². The van der Waals surface area contributed by atoms with E-state index >= 15 is 0 Å². The number of amides is 1. The van der Waals surface area contributed by atoms with Gasteiger partial charge < -0.3 is 29.4 Å². The van der Waals surface area contributed by atoms with E-state index in [1.807, 2.05) is 0 Å². The highest BCUT2D eigenvalue weighted by Crippen LogP contribution is 2.28. The summed E-state index contributed by atoms with van der Waals surface area (Å²) in [4.78, 5) is 29.7. The summed E-state index contributed by atoms with van der Waals surface area (Å²) in [5, 5.41) is 27.9. The summed E-state index contributed by atoms with van der Waals surface area (Å²) in [6, 6.07) is 6.01. The Balaban J connectivity index is 1.53. The quantitative estimate of drug-likeness (QED) is 0.420. The van der Waals surface area contributed by atoms with Crippen LogP contribution < -0.4 is 0 Å². The maximum absolute atomic E-state index is 12.4. The van der Waals surface area contributed by atoms with Crippen LogP contribution >= 0.6 is 0 Å². The monoisotopic (exact) mass is 438 g/mol. The summed E-state index contributed by atoms with van der Waals surface area (Å²) >= 11 is 0. The molecule has 2 aromatic rings. The van der Waals surface area contributed by atoms with Gasteiger partial charge in [0.1, 0.15) is 17.2 Å². The summed E-state index contributed by atoms with van der Waals surface area (Å²) in [7, 11) is -1.62. The number of hydrogen-bond donors (Lipinski definition) is 3. The number of aliphatic hydroxyl groups excluding tert-OH is 1. The predicted molar refractivity (Wildman–Crippen MR) is 104 cm³/mol. The number of aromatic nitrogens is 1. The van der Waals surface area contributed by atoms with Gasteiger partial charge in [0, 0.05) is 29.5 Å². The lowest BCUT2D eigenvalue weighted by molar-refractivity contribution is -0.159. The van der Waals surface area contributed by atoms with Crippen LogP contribution in [0.1, 0.15) is 18.5 Å². The van der Waals surface area contributed by atoms with Crippen molar-refractivity contribution in [1.29, 1.82) is 0 Å². The van der Waals surface area contributed by atoms with Crippen LogP contribution in [0.5, 0.6) is 11.7 Å². The summed E-state index contributed by atoms with van der Waals surface area (Å²) in [5.74, 6) is -1.85. The second-order valence-corrected chi connectivity index (χ2v) is 8.25. The van der Waals surface area contributed by atoms with E-state index in [-0.39, 0.29) is 40.7 Å². The Bertz CT molecular complexity index is 919. The normalized spacial score (nSPS) is 15.7. The van der Waals surface area contributed by atoms with E-state index in [0.717, 1.165) is 0 Å². The number of oxazole rings is 1. The Morgan fingerprint density at radius 2 is 1.87 bits per heavy atom. The molecule has 3 N–H and O–H groups in total. The molecule has 1 fully saturated rings. The zero-order valence-corrected chi connectivity index (χ0v) is 16.8. The Labute approximate surface area is 174 Å². The van der Waals surface area contributed by atoms with Gasteiger partial charge in [-0.25, -0.2) is 4.98 Å². The second-order valence-electron chi connectivity index (χ2n) is 6.79. The number of carbonyl (C=O) groups excluding carboxylic acids is 2. The smallest absolute Gasteiger partial charge is 0.311 e. The van der Waals surface area contributed by atoms with Crippen molar-refractivity contribution < 1.29 is 38.3 Å². The predicted octanol–water partition coefficient (Wildman–Crippen LogP) is 0.733. The summed E-state index contributed by atoms with van der Waals surface area (Å²) in [5.41, 5.74) is 0.605. The molecule has 2 heterocycles. The maximum Gasteiger partial charge on any atom is 0.311 e. The number of phenols is 1. The highest BCUT2D eigenvalue weighted by atomic mass is 32.2. The molecule has 1 atom stereocenters. The first-order chi connectivity index (χ1) is 14.4. The third-order valence-corrected chi connectivity index (χ3v) is 5.93. The zero-order chi connectivity index (χ0) is 21.7.